The minimum atomic E-state index is -1.10. The minimum Gasteiger partial charge on any atom is -0.368 e. The number of rotatable bonds is 6. The van der Waals surface area contributed by atoms with E-state index in [0.29, 0.717) is 11.1 Å². The van der Waals surface area contributed by atoms with Gasteiger partial charge in [0.1, 0.15) is 11.9 Å². The van der Waals surface area contributed by atoms with E-state index < -0.39 is 11.4 Å². The molecule has 0 fully saturated rings. The Morgan fingerprint density at radius 2 is 1.79 bits per heavy atom. The van der Waals surface area contributed by atoms with E-state index in [-0.39, 0.29) is 18.2 Å². The summed E-state index contributed by atoms with van der Waals surface area (Å²) in [4.78, 5) is 39.7. The fraction of sp³-hybridized carbons (Fsp3) is 0.238. The Balaban J connectivity index is 1.77. The van der Waals surface area contributed by atoms with E-state index in [4.69, 9.17) is 5.73 Å². The molecule has 0 saturated heterocycles. The van der Waals surface area contributed by atoms with Gasteiger partial charge in [0, 0.05) is 18.3 Å². The predicted molar refractivity (Wildman–Crippen MR) is 110 cm³/mol. The molecule has 0 unspecified atom stereocenters. The molecule has 0 spiro atoms. The number of imidazole rings is 1. The van der Waals surface area contributed by atoms with Crippen LogP contribution in [0.15, 0.2) is 48.8 Å². The molecule has 0 saturated carbocycles. The van der Waals surface area contributed by atoms with Crippen molar-refractivity contribution in [3.05, 3.63) is 59.9 Å². The van der Waals surface area contributed by atoms with E-state index in [1.807, 2.05) is 34.9 Å². The van der Waals surface area contributed by atoms with Crippen molar-refractivity contribution in [3.63, 3.8) is 0 Å². The SMILES string of the molecule is CNC(=O)c1ccc2c(c1)ncn2-c1ccc(CC(=O)NC(C)(C)C(N)=O)cc1. The summed E-state index contributed by atoms with van der Waals surface area (Å²) in [5, 5.41) is 5.22. The van der Waals surface area contributed by atoms with Crippen LogP contribution >= 0.6 is 0 Å². The summed E-state index contributed by atoms with van der Waals surface area (Å²) < 4.78 is 1.91. The third-order valence-corrected chi connectivity index (χ3v) is 4.68. The summed E-state index contributed by atoms with van der Waals surface area (Å²) in [6.45, 7) is 3.13. The van der Waals surface area contributed by atoms with E-state index >= 15 is 0 Å². The Morgan fingerprint density at radius 1 is 1.10 bits per heavy atom. The third-order valence-electron chi connectivity index (χ3n) is 4.68. The van der Waals surface area contributed by atoms with Crippen molar-refractivity contribution in [3.8, 4) is 5.69 Å². The number of amides is 3. The second-order valence-corrected chi connectivity index (χ2v) is 7.28. The van der Waals surface area contributed by atoms with Crippen LogP contribution in [0, 0.1) is 0 Å². The molecule has 0 aliphatic heterocycles. The second-order valence-electron chi connectivity index (χ2n) is 7.28. The first-order valence-electron chi connectivity index (χ1n) is 9.10. The monoisotopic (exact) mass is 393 g/mol. The van der Waals surface area contributed by atoms with Gasteiger partial charge >= 0.3 is 0 Å². The third kappa shape index (κ3) is 4.26. The Hall–Kier alpha value is -3.68. The molecule has 0 bridgehead atoms. The number of carbonyl (C=O) groups is 3. The number of benzene rings is 2. The van der Waals surface area contributed by atoms with Crippen LogP contribution in [0.25, 0.3) is 16.7 Å². The average Bonchev–Trinajstić information content (AvgIpc) is 3.10. The van der Waals surface area contributed by atoms with Crippen LogP contribution in [-0.2, 0) is 16.0 Å². The van der Waals surface area contributed by atoms with Gasteiger partial charge in [0.2, 0.25) is 11.8 Å². The van der Waals surface area contributed by atoms with Crippen LogP contribution in [0.2, 0.25) is 0 Å². The summed E-state index contributed by atoms with van der Waals surface area (Å²) >= 11 is 0. The van der Waals surface area contributed by atoms with Gasteiger partial charge < -0.3 is 16.4 Å². The van der Waals surface area contributed by atoms with Crippen LogP contribution in [-0.4, -0.2) is 39.9 Å². The molecular weight excluding hydrogens is 370 g/mol. The van der Waals surface area contributed by atoms with Gasteiger partial charge in [-0.05, 0) is 49.7 Å². The minimum absolute atomic E-state index is 0.136. The molecular formula is C21H23N5O3. The van der Waals surface area contributed by atoms with Crippen molar-refractivity contribution >= 4 is 28.8 Å². The summed E-state index contributed by atoms with van der Waals surface area (Å²) in [6.07, 6.45) is 1.83. The van der Waals surface area contributed by atoms with Crippen molar-refractivity contribution < 1.29 is 14.4 Å². The molecule has 0 aliphatic rings. The number of nitrogens with zero attached hydrogens (tertiary/aromatic N) is 2. The van der Waals surface area contributed by atoms with E-state index in [1.165, 1.54) is 0 Å². The van der Waals surface area contributed by atoms with Crippen molar-refractivity contribution in [2.45, 2.75) is 25.8 Å². The Labute approximate surface area is 168 Å². The number of fused-ring (bicyclic) bond motifs is 1. The first-order chi connectivity index (χ1) is 13.7. The largest absolute Gasteiger partial charge is 0.368 e. The highest BCUT2D eigenvalue weighted by molar-refractivity contribution is 5.97. The molecule has 0 radical (unpaired) electrons. The van der Waals surface area contributed by atoms with Crippen LogP contribution in [0.3, 0.4) is 0 Å². The van der Waals surface area contributed by atoms with E-state index in [0.717, 1.165) is 16.8 Å². The topological polar surface area (TPSA) is 119 Å². The summed E-state index contributed by atoms with van der Waals surface area (Å²) in [6, 6.07) is 12.8. The number of carbonyl (C=O) groups excluding carboxylic acids is 3. The van der Waals surface area contributed by atoms with Gasteiger partial charge in [-0.2, -0.15) is 0 Å². The number of nitrogens with one attached hydrogen (secondary N) is 2. The molecule has 2 aromatic carbocycles. The molecule has 4 N–H and O–H groups in total. The number of aromatic nitrogens is 2. The molecule has 1 heterocycles. The zero-order valence-corrected chi connectivity index (χ0v) is 16.5. The summed E-state index contributed by atoms with van der Waals surface area (Å²) in [5.74, 6) is -1.03. The van der Waals surface area contributed by atoms with Gasteiger partial charge in [-0.3, -0.25) is 19.0 Å². The Morgan fingerprint density at radius 3 is 2.41 bits per heavy atom. The Kier molecular flexibility index (Phi) is 5.36. The maximum atomic E-state index is 12.2. The molecule has 8 nitrogen and oxygen atoms in total. The van der Waals surface area contributed by atoms with Crippen molar-refractivity contribution in [1.29, 1.82) is 0 Å². The highest BCUT2D eigenvalue weighted by atomic mass is 16.2. The summed E-state index contributed by atoms with van der Waals surface area (Å²) in [7, 11) is 1.59. The molecule has 1 aromatic heterocycles. The molecule has 3 amide bonds. The molecule has 3 aromatic rings. The fourth-order valence-electron chi connectivity index (χ4n) is 2.92. The molecule has 3 rings (SSSR count). The first-order valence-corrected chi connectivity index (χ1v) is 9.10. The van der Waals surface area contributed by atoms with Crippen LogP contribution in [0.5, 0.6) is 0 Å². The Bertz CT molecular complexity index is 1080. The highest BCUT2D eigenvalue weighted by Gasteiger charge is 2.26. The van der Waals surface area contributed by atoms with Gasteiger partial charge in [0.25, 0.3) is 5.91 Å². The van der Waals surface area contributed by atoms with Gasteiger partial charge in [-0.15, -0.1) is 0 Å². The van der Waals surface area contributed by atoms with Crippen LogP contribution < -0.4 is 16.4 Å². The van der Waals surface area contributed by atoms with E-state index in [1.54, 1.807) is 39.4 Å². The average molecular weight is 393 g/mol. The maximum absolute atomic E-state index is 12.2. The van der Waals surface area contributed by atoms with Gasteiger partial charge in [0.05, 0.1) is 17.5 Å². The van der Waals surface area contributed by atoms with Gasteiger partial charge in [0.15, 0.2) is 0 Å². The van der Waals surface area contributed by atoms with Gasteiger partial charge in [-0.1, -0.05) is 12.1 Å². The molecule has 29 heavy (non-hydrogen) atoms. The maximum Gasteiger partial charge on any atom is 0.251 e. The van der Waals surface area contributed by atoms with Crippen LogP contribution in [0.4, 0.5) is 0 Å². The quantitative estimate of drug-likeness (QED) is 0.585. The second kappa shape index (κ2) is 7.75. The first kappa shape index (κ1) is 20.1. The number of hydrogen-bond donors (Lipinski definition) is 3. The molecule has 0 atom stereocenters. The standard InChI is InChI=1S/C21H23N5O3/c1-21(2,20(22)29)25-18(27)10-13-4-7-15(8-5-13)26-12-24-16-11-14(19(28)23-3)6-9-17(16)26/h4-9,11-12H,10H2,1-3H3,(H2,22,29)(H,23,28)(H,25,27). The van der Waals surface area contributed by atoms with E-state index in [2.05, 4.69) is 15.6 Å². The smallest absolute Gasteiger partial charge is 0.251 e. The molecule has 150 valence electrons. The molecule has 0 aliphatic carbocycles. The number of nitrogens with two attached hydrogens (primary N) is 1. The predicted octanol–water partition coefficient (Wildman–Crippen LogP) is 1.31. The number of primary amides is 1. The fourth-order valence-corrected chi connectivity index (χ4v) is 2.92. The van der Waals surface area contributed by atoms with Crippen LogP contribution in [0.1, 0.15) is 29.8 Å². The normalized spacial score (nSPS) is 11.3. The lowest BCUT2D eigenvalue weighted by Crippen LogP contribution is -2.53. The zero-order valence-electron chi connectivity index (χ0n) is 16.5. The number of hydrogen-bond acceptors (Lipinski definition) is 4. The van der Waals surface area contributed by atoms with E-state index in [9.17, 15) is 14.4 Å². The lowest BCUT2D eigenvalue weighted by Gasteiger charge is -2.22. The van der Waals surface area contributed by atoms with Crippen molar-refractivity contribution in [1.82, 2.24) is 20.2 Å². The van der Waals surface area contributed by atoms with Crippen molar-refractivity contribution in [2.75, 3.05) is 7.05 Å². The lowest BCUT2D eigenvalue weighted by molar-refractivity contribution is -0.130. The lowest BCUT2D eigenvalue weighted by atomic mass is 10.0. The molecule has 8 heteroatoms. The summed E-state index contributed by atoms with van der Waals surface area (Å²) in [5.41, 5.74) is 7.99. The highest BCUT2D eigenvalue weighted by Crippen LogP contribution is 2.20. The van der Waals surface area contributed by atoms with Crippen molar-refractivity contribution in [2.24, 2.45) is 5.73 Å². The zero-order chi connectivity index (χ0) is 21.2. The van der Waals surface area contributed by atoms with Gasteiger partial charge in [-0.25, -0.2) is 4.98 Å².